The van der Waals surface area contributed by atoms with E-state index < -0.39 is 0 Å². The highest BCUT2D eigenvalue weighted by molar-refractivity contribution is 5.92. The monoisotopic (exact) mass is 329 g/mol. The molecule has 0 saturated heterocycles. The Balaban J connectivity index is 1.95. The van der Waals surface area contributed by atoms with Crippen LogP contribution in [0, 0.1) is 0 Å². The topological polar surface area (TPSA) is 102 Å². The second kappa shape index (κ2) is 9.59. The molecule has 0 aliphatic carbocycles. The molecule has 128 valence electrons. The average molecular weight is 329 g/mol. The molecule has 0 spiro atoms. The van der Waals surface area contributed by atoms with Crippen LogP contribution in [0.4, 0.5) is 0 Å². The molecule has 1 amide bonds. The van der Waals surface area contributed by atoms with Crippen LogP contribution in [-0.2, 0) is 13.0 Å². The maximum Gasteiger partial charge on any atom is 0.270 e. The highest BCUT2D eigenvalue weighted by atomic mass is 16.5. The summed E-state index contributed by atoms with van der Waals surface area (Å²) in [4.78, 5) is 20.9. The van der Waals surface area contributed by atoms with E-state index in [2.05, 4.69) is 20.6 Å². The fraction of sp³-hybridized carbons (Fsp3) is 0.353. The number of carbonyl (C=O) groups is 1. The van der Waals surface area contributed by atoms with Gasteiger partial charge in [0.2, 0.25) is 0 Å². The Hall–Kier alpha value is -2.51. The summed E-state index contributed by atoms with van der Waals surface area (Å²) in [6.07, 6.45) is 2.41. The summed E-state index contributed by atoms with van der Waals surface area (Å²) in [5, 5.41) is 6.01. The minimum absolute atomic E-state index is 0.232. The molecule has 2 heterocycles. The van der Waals surface area contributed by atoms with Crippen LogP contribution in [0.3, 0.4) is 0 Å². The Labute approximate surface area is 141 Å². The number of carbonyl (C=O) groups excluding carboxylic acids is 1. The molecule has 2 aromatic rings. The molecule has 0 fully saturated rings. The molecule has 0 aliphatic heterocycles. The number of ether oxygens (including phenoxy) is 1. The first-order valence-corrected chi connectivity index (χ1v) is 7.86. The second-order valence-corrected chi connectivity index (χ2v) is 5.18. The quantitative estimate of drug-likeness (QED) is 0.579. The van der Waals surface area contributed by atoms with Gasteiger partial charge in [-0.1, -0.05) is 6.07 Å². The molecule has 0 atom stereocenters. The van der Waals surface area contributed by atoms with E-state index in [1.807, 2.05) is 18.2 Å². The van der Waals surface area contributed by atoms with Gasteiger partial charge in [0, 0.05) is 56.6 Å². The lowest BCUT2D eigenvalue weighted by atomic mass is 10.2. The van der Waals surface area contributed by atoms with E-state index >= 15 is 0 Å². The summed E-state index contributed by atoms with van der Waals surface area (Å²) >= 11 is 0. The number of rotatable bonds is 9. The van der Waals surface area contributed by atoms with E-state index in [0.29, 0.717) is 44.0 Å². The third-order valence-electron chi connectivity index (χ3n) is 3.34. The van der Waals surface area contributed by atoms with Gasteiger partial charge in [-0.2, -0.15) is 0 Å². The summed E-state index contributed by atoms with van der Waals surface area (Å²) in [6, 6.07) is 9.14. The van der Waals surface area contributed by atoms with Crippen LogP contribution >= 0.6 is 0 Å². The van der Waals surface area contributed by atoms with Crippen molar-refractivity contribution in [3.8, 4) is 5.75 Å². The maximum atomic E-state index is 12.3. The molecule has 24 heavy (non-hydrogen) atoms. The van der Waals surface area contributed by atoms with Gasteiger partial charge in [-0.25, -0.2) is 4.98 Å². The van der Waals surface area contributed by atoms with Crippen LogP contribution in [0.1, 0.15) is 21.9 Å². The Kier molecular flexibility index (Phi) is 7.13. The Morgan fingerprint density at radius 2 is 2.12 bits per heavy atom. The van der Waals surface area contributed by atoms with Gasteiger partial charge in [0.25, 0.3) is 5.91 Å². The van der Waals surface area contributed by atoms with E-state index in [9.17, 15) is 4.79 Å². The molecule has 2 rings (SSSR count). The van der Waals surface area contributed by atoms with Crippen molar-refractivity contribution in [3.63, 3.8) is 0 Å². The van der Waals surface area contributed by atoms with Gasteiger partial charge in [0.15, 0.2) is 0 Å². The van der Waals surface area contributed by atoms with Crippen molar-refractivity contribution in [1.82, 2.24) is 20.6 Å². The Morgan fingerprint density at radius 1 is 1.25 bits per heavy atom. The lowest BCUT2D eigenvalue weighted by Gasteiger charge is -2.09. The first-order valence-electron chi connectivity index (χ1n) is 7.86. The van der Waals surface area contributed by atoms with Gasteiger partial charge < -0.3 is 21.1 Å². The minimum atomic E-state index is -0.232. The second-order valence-electron chi connectivity index (χ2n) is 5.18. The number of methoxy groups -OCH3 is 1. The van der Waals surface area contributed by atoms with Gasteiger partial charge in [-0.3, -0.25) is 9.78 Å². The molecule has 0 unspecified atom stereocenters. The van der Waals surface area contributed by atoms with Crippen LogP contribution in [0.15, 0.2) is 36.5 Å². The van der Waals surface area contributed by atoms with Gasteiger partial charge in [0.1, 0.15) is 11.4 Å². The van der Waals surface area contributed by atoms with Crippen LogP contribution in [0.2, 0.25) is 0 Å². The smallest absolute Gasteiger partial charge is 0.270 e. The summed E-state index contributed by atoms with van der Waals surface area (Å²) in [7, 11) is 1.56. The van der Waals surface area contributed by atoms with Crippen LogP contribution < -0.4 is 21.1 Å². The molecular weight excluding hydrogens is 306 g/mol. The largest absolute Gasteiger partial charge is 0.497 e. The molecular formula is C17H23N5O2. The first kappa shape index (κ1) is 17.8. The van der Waals surface area contributed by atoms with E-state index in [-0.39, 0.29) is 5.91 Å². The lowest BCUT2D eigenvalue weighted by Crippen LogP contribution is -2.27. The standard InChI is InChI=1S/C17H23N5O2/c1-24-15-10-14(12-19-9-6-18)22-16(11-15)17(23)21-8-5-13-4-2-3-7-20-13/h2-4,7,10-11,19H,5-6,8-9,12,18H2,1H3,(H,21,23). The number of nitrogens with zero attached hydrogens (tertiary/aromatic N) is 2. The van der Waals surface area contributed by atoms with Crippen molar-refractivity contribution in [2.45, 2.75) is 13.0 Å². The summed E-state index contributed by atoms with van der Waals surface area (Å²) in [6.45, 7) is 2.26. The number of amides is 1. The zero-order valence-corrected chi connectivity index (χ0v) is 13.8. The zero-order chi connectivity index (χ0) is 17.2. The maximum absolute atomic E-state index is 12.3. The van der Waals surface area contributed by atoms with Crippen molar-refractivity contribution < 1.29 is 9.53 Å². The minimum Gasteiger partial charge on any atom is -0.497 e. The van der Waals surface area contributed by atoms with Crippen LogP contribution in [-0.4, -0.2) is 42.6 Å². The SMILES string of the molecule is COc1cc(CNCCN)nc(C(=O)NCCc2ccccn2)c1. The molecule has 0 bridgehead atoms. The molecule has 7 nitrogen and oxygen atoms in total. The summed E-state index contributed by atoms with van der Waals surface area (Å²) in [5.74, 6) is 0.370. The molecule has 4 N–H and O–H groups in total. The van der Waals surface area contributed by atoms with E-state index in [4.69, 9.17) is 10.5 Å². The predicted octanol–water partition coefficient (Wildman–Crippen LogP) is 0.506. The van der Waals surface area contributed by atoms with Crippen LogP contribution in [0.25, 0.3) is 0 Å². The number of pyridine rings is 2. The summed E-state index contributed by atoms with van der Waals surface area (Å²) < 4.78 is 5.24. The highest BCUT2D eigenvalue weighted by Crippen LogP contribution is 2.14. The van der Waals surface area contributed by atoms with Gasteiger partial charge in [0.05, 0.1) is 12.8 Å². The molecule has 0 radical (unpaired) electrons. The number of nitrogens with one attached hydrogen (secondary N) is 2. The van der Waals surface area contributed by atoms with Gasteiger partial charge >= 0.3 is 0 Å². The molecule has 7 heteroatoms. The van der Waals surface area contributed by atoms with Crippen molar-refractivity contribution in [3.05, 3.63) is 53.6 Å². The van der Waals surface area contributed by atoms with Gasteiger partial charge in [-0.15, -0.1) is 0 Å². The Bertz CT molecular complexity index is 649. The fourth-order valence-electron chi connectivity index (χ4n) is 2.14. The molecule has 0 saturated carbocycles. The number of nitrogens with two attached hydrogens (primary N) is 1. The predicted molar refractivity (Wildman–Crippen MR) is 91.8 cm³/mol. The number of hydrogen-bond acceptors (Lipinski definition) is 6. The van der Waals surface area contributed by atoms with E-state index in [0.717, 1.165) is 11.4 Å². The van der Waals surface area contributed by atoms with Crippen molar-refractivity contribution in [2.24, 2.45) is 5.73 Å². The Morgan fingerprint density at radius 3 is 2.83 bits per heavy atom. The first-order chi connectivity index (χ1) is 11.7. The van der Waals surface area contributed by atoms with E-state index in [1.165, 1.54) is 0 Å². The van der Waals surface area contributed by atoms with E-state index in [1.54, 1.807) is 25.4 Å². The summed E-state index contributed by atoms with van der Waals surface area (Å²) in [5.41, 5.74) is 7.45. The molecule has 2 aromatic heterocycles. The third-order valence-corrected chi connectivity index (χ3v) is 3.34. The normalized spacial score (nSPS) is 10.4. The van der Waals surface area contributed by atoms with Crippen molar-refractivity contribution >= 4 is 5.91 Å². The fourth-order valence-corrected chi connectivity index (χ4v) is 2.14. The number of hydrogen-bond donors (Lipinski definition) is 3. The van der Waals surface area contributed by atoms with Crippen LogP contribution in [0.5, 0.6) is 5.75 Å². The average Bonchev–Trinajstić information content (AvgIpc) is 2.62. The zero-order valence-electron chi connectivity index (χ0n) is 13.8. The lowest BCUT2D eigenvalue weighted by molar-refractivity contribution is 0.0948. The molecule has 0 aliphatic rings. The highest BCUT2D eigenvalue weighted by Gasteiger charge is 2.11. The van der Waals surface area contributed by atoms with Crippen molar-refractivity contribution in [2.75, 3.05) is 26.7 Å². The molecule has 0 aromatic carbocycles. The number of aromatic nitrogens is 2. The van der Waals surface area contributed by atoms with Gasteiger partial charge in [-0.05, 0) is 12.1 Å². The third kappa shape index (κ3) is 5.60. The van der Waals surface area contributed by atoms with Crippen molar-refractivity contribution in [1.29, 1.82) is 0 Å².